The standard InChI is InChI=1S/C23H31ClN2O4/c1-22(2,3)9-6-15-4-5-17(12-19(15)24)23-10-7-16(14-27)18(23)13-26(21(30)25-23)11-8-20(28)29/h4-5,12-13,16,27H,6-11,14H2,1-3H3,(H,25,30)(H,28,29). The van der Waals surface area contributed by atoms with Crippen LogP contribution in [0.15, 0.2) is 30.0 Å². The number of rotatable bonds is 7. The number of nitrogens with zero attached hydrogens (tertiary/aromatic N) is 1. The number of carboxylic acids is 1. The molecule has 3 rings (SSSR count). The molecule has 7 heteroatoms. The van der Waals surface area contributed by atoms with Crippen LogP contribution in [0.1, 0.15) is 57.6 Å². The number of carboxylic acid groups (broad SMARTS) is 1. The van der Waals surface area contributed by atoms with Crippen LogP contribution in [-0.4, -0.2) is 40.3 Å². The fraction of sp³-hybridized carbons (Fsp3) is 0.565. The Hall–Kier alpha value is -2.05. The zero-order valence-corrected chi connectivity index (χ0v) is 18.6. The maximum absolute atomic E-state index is 12.8. The number of halogens is 1. The van der Waals surface area contributed by atoms with Crippen molar-refractivity contribution < 1.29 is 19.8 Å². The van der Waals surface area contributed by atoms with Crippen LogP contribution in [0.25, 0.3) is 0 Å². The van der Waals surface area contributed by atoms with Crippen LogP contribution in [0, 0.1) is 11.3 Å². The Kier molecular flexibility index (Phi) is 6.48. The topological polar surface area (TPSA) is 89.9 Å². The van der Waals surface area contributed by atoms with Gasteiger partial charge in [0.15, 0.2) is 0 Å². The number of hydrogen-bond donors (Lipinski definition) is 3. The largest absolute Gasteiger partial charge is 0.481 e. The van der Waals surface area contributed by atoms with Crippen LogP contribution in [0.2, 0.25) is 5.02 Å². The smallest absolute Gasteiger partial charge is 0.322 e. The number of aliphatic hydroxyl groups is 1. The number of fused-ring (bicyclic) bond motifs is 1. The van der Waals surface area contributed by atoms with Crippen molar-refractivity contribution in [1.82, 2.24) is 10.2 Å². The molecule has 2 atom stereocenters. The van der Waals surface area contributed by atoms with Gasteiger partial charge in [-0.2, -0.15) is 0 Å². The highest BCUT2D eigenvalue weighted by Crippen LogP contribution is 2.49. The zero-order chi connectivity index (χ0) is 22.1. The summed E-state index contributed by atoms with van der Waals surface area (Å²) in [5, 5.41) is 22.6. The van der Waals surface area contributed by atoms with E-state index < -0.39 is 11.5 Å². The Morgan fingerprint density at radius 1 is 1.37 bits per heavy atom. The van der Waals surface area contributed by atoms with Gasteiger partial charge < -0.3 is 20.4 Å². The summed E-state index contributed by atoms with van der Waals surface area (Å²) in [6, 6.07) is 5.65. The summed E-state index contributed by atoms with van der Waals surface area (Å²) in [5.41, 5.74) is 2.40. The van der Waals surface area contributed by atoms with Gasteiger partial charge in [-0.3, -0.25) is 4.79 Å². The number of aryl methyl sites for hydroxylation is 1. The second-order valence-corrected chi connectivity index (χ2v) is 9.95. The summed E-state index contributed by atoms with van der Waals surface area (Å²) in [7, 11) is 0. The zero-order valence-electron chi connectivity index (χ0n) is 17.9. The highest BCUT2D eigenvalue weighted by molar-refractivity contribution is 6.31. The number of aliphatic carboxylic acids is 1. The molecule has 1 aliphatic carbocycles. The van der Waals surface area contributed by atoms with Gasteiger partial charge in [0.05, 0.1) is 12.0 Å². The summed E-state index contributed by atoms with van der Waals surface area (Å²) in [5.74, 6) is -1.04. The van der Waals surface area contributed by atoms with E-state index in [9.17, 15) is 14.7 Å². The van der Waals surface area contributed by atoms with Crippen molar-refractivity contribution in [3.8, 4) is 0 Å². The van der Waals surface area contributed by atoms with E-state index in [4.69, 9.17) is 16.7 Å². The van der Waals surface area contributed by atoms with E-state index in [-0.39, 0.29) is 36.9 Å². The van der Waals surface area contributed by atoms with Gasteiger partial charge in [-0.05, 0) is 53.9 Å². The number of amides is 2. The molecule has 2 aliphatic rings. The molecule has 3 N–H and O–H groups in total. The summed E-state index contributed by atoms with van der Waals surface area (Å²) in [6.45, 7) is 6.67. The molecular formula is C23H31ClN2O4. The first-order valence-corrected chi connectivity index (χ1v) is 10.9. The summed E-state index contributed by atoms with van der Waals surface area (Å²) in [4.78, 5) is 25.1. The van der Waals surface area contributed by atoms with Crippen LogP contribution in [-0.2, 0) is 16.8 Å². The van der Waals surface area contributed by atoms with Crippen molar-refractivity contribution in [2.45, 2.75) is 58.4 Å². The van der Waals surface area contributed by atoms with Gasteiger partial charge in [0, 0.05) is 30.3 Å². The molecule has 6 nitrogen and oxygen atoms in total. The Morgan fingerprint density at radius 2 is 2.10 bits per heavy atom. The molecule has 2 unspecified atom stereocenters. The molecule has 0 radical (unpaired) electrons. The minimum Gasteiger partial charge on any atom is -0.481 e. The molecular weight excluding hydrogens is 404 g/mol. The molecule has 2 amide bonds. The van der Waals surface area contributed by atoms with E-state index in [2.05, 4.69) is 26.1 Å². The minimum atomic E-state index is -0.958. The van der Waals surface area contributed by atoms with Crippen molar-refractivity contribution >= 4 is 23.6 Å². The van der Waals surface area contributed by atoms with Gasteiger partial charge in [0.1, 0.15) is 0 Å². The minimum absolute atomic E-state index is 0.0202. The lowest BCUT2D eigenvalue weighted by molar-refractivity contribution is -0.137. The third kappa shape index (κ3) is 4.65. The van der Waals surface area contributed by atoms with Gasteiger partial charge in [-0.1, -0.05) is 44.5 Å². The molecule has 1 heterocycles. The SMILES string of the molecule is CC(C)(C)CCc1ccc(C23CCC(CO)C2=CN(CCC(=O)O)C(=O)N3)cc1Cl. The van der Waals surface area contributed by atoms with Crippen molar-refractivity contribution in [3.05, 3.63) is 46.1 Å². The van der Waals surface area contributed by atoms with Crippen LogP contribution in [0.4, 0.5) is 4.79 Å². The lowest BCUT2D eigenvalue weighted by Gasteiger charge is -2.40. The summed E-state index contributed by atoms with van der Waals surface area (Å²) < 4.78 is 0. The maximum atomic E-state index is 12.8. The number of aliphatic hydroxyl groups excluding tert-OH is 1. The lowest BCUT2D eigenvalue weighted by Crippen LogP contribution is -2.54. The molecule has 164 valence electrons. The van der Waals surface area contributed by atoms with Gasteiger partial charge >= 0.3 is 12.0 Å². The monoisotopic (exact) mass is 434 g/mol. The van der Waals surface area contributed by atoms with E-state index in [0.29, 0.717) is 11.4 Å². The van der Waals surface area contributed by atoms with E-state index in [1.54, 1.807) is 6.20 Å². The Labute approximate surface area is 182 Å². The van der Waals surface area contributed by atoms with Crippen molar-refractivity contribution in [2.24, 2.45) is 11.3 Å². The number of carbonyl (C=O) groups is 2. The van der Waals surface area contributed by atoms with Crippen molar-refractivity contribution in [2.75, 3.05) is 13.2 Å². The molecule has 0 saturated heterocycles. The van der Waals surface area contributed by atoms with E-state index in [1.165, 1.54) is 4.90 Å². The highest BCUT2D eigenvalue weighted by atomic mass is 35.5. The maximum Gasteiger partial charge on any atom is 0.322 e. The quantitative estimate of drug-likeness (QED) is 0.596. The van der Waals surface area contributed by atoms with E-state index in [1.807, 2.05) is 18.2 Å². The molecule has 1 fully saturated rings. The molecule has 1 aromatic carbocycles. The van der Waals surface area contributed by atoms with Gasteiger partial charge in [-0.15, -0.1) is 0 Å². The second kappa shape index (κ2) is 8.60. The summed E-state index contributed by atoms with van der Waals surface area (Å²) >= 11 is 6.63. The predicted molar refractivity (Wildman–Crippen MR) is 116 cm³/mol. The van der Waals surface area contributed by atoms with Crippen LogP contribution in [0.5, 0.6) is 0 Å². The Balaban J connectivity index is 1.93. The van der Waals surface area contributed by atoms with Crippen molar-refractivity contribution in [1.29, 1.82) is 0 Å². The van der Waals surface area contributed by atoms with Gasteiger partial charge in [0.25, 0.3) is 0 Å². The normalized spacial score (nSPS) is 23.8. The molecule has 0 aromatic heterocycles. The van der Waals surface area contributed by atoms with Crippen LogP contribution < -0.4 is 5.32 Å². The molecule has 1 aliphatic heterocycles. The molecule has 1 saturated carbocycles. The Morgan fingerprint density at radius 3 is 2.70 bits per heavy atom. The summed E-state index contributed by atoms with van der Waals surface area (Å²) in [6.07, 6.45) is 4.90. The van der Waals surface area contributed by atoms with E-state index in [0.717, 1.165) is 36.0 Å². The molecule has 0 bridgehead atoms. The lowest BCUT2D eigenvalue weighted by atomic mass is 9.81. The average Bonchev–Trinajstić information content (AvgIpc) is 3.02. The van der Waals surface area contributed by atoms with Crippen molar-refractivity contribution in [3.63, 3.8) is 0 Å². The van der Waals surface area contributed by atoms with Gasteiger partial charge in [0.2, 0.25) is 0 Å². The number of urea groups is 1. The predicted octanol–water partition coefficient (Wildman–Crippen LogP) is 4.30. The Bertz CT molecular complexity index is 861. The van der Waals surface area contributed by atoms with Crippen LogP contribution in [0.3, 0.4) is 0 Å². The highest BCUT2D eigenvalue weighted by Gasteiger charge is 2.49. The number of hydrogen-bond acceptors (Lipinski definition) is 3. The second-order valence-electron chi connectivity index (χ2n) is 9.54. The van der Waals surface area contributed by atoms with Gasteiger partial charge in [-0.25, -0.2) is 4.79 Å². The van der Waals surface area contributed by atoms with E-state index >= 15 is 0 Å². The number of benzene rings is 1. The number of nitrogens with one attached hydrogen (secondary N) is 1. The first kappa shape index (κ1) is 22.6. The third-order valence-electron chi connectivity index (χ3n) is 6.15. The average molecular weight is 435 g/mol. The fourth-order valence-electron chi connectivity index (χ4n) is 4.35. The molecule has 0 spiro atoms. The first-order valence-electron chi connectivity index (χ1n) is 10.5. The third-order valence-corrected chi connectivity index (χ3v) is 6.51. The fourth-order valence-corrected chi connectivity index (χ4v) is 4.63. The molecule has 30 heavy (non-hydrogen) atoms. The first-order chi connectivity index (χ1) is 14.1. The molecule has 1 aromatic rings. The van der Waals surface area contributed by atoms with Crippen LogP contribution >= 0.6 is 11.6 Å². The number of carbonyl (C=O) groups excluding carboxylic acids is 1.